The van der Waals surface area contributed by atoms with Crippen LogP contribution in [0.25, 0.3) is 0 Å². The molecule has 2 unspecified atom stereocenters. The van der Waals surface area contributed by atoms with E-state index in [1.807, 2.05) is 0 Å². The van der Waals surface area contributed by atoms with Crippen LogP contribution in [0.3, 0.4) is 0 Å². The van der Waals surface area contributed by atoms with Gasteiger partial charge in [-0.2, -0.15) is 0 Å². The Balaban J connectivity index is 2.28. The predicted molar refractivity (Wildman–Crippen MR) is 74.6 cm³/mol. The highest BCUT2D eigenvalue weighted by atomic mass is 32.2. The topological polar surface area (TPSA) is 80.4 Å². The minimum absolute atomic E-state index is 0.118. The zero-order valence-electron chi connectivity index (χ0n) is 11.2. The minimum atomic E-state index is -1.59. The van der Waals surface area contributed by atoms with Gasteiger partial charge in [-0.3, -0.25) is 9.00 Å². The molecule has 2 aromatic rings. The zero-order chi connectivity index (χ0) is 14.7. The SMILES string of the molecule is Cc1noc(C)c1CS(=O)C(C(=O)O)c1ccccc1. The number of aromatic nitrogens is 1. The van der Waals surface area contributed by atoms with Crippen molar-refractivity contribution in [2.75, 3.05) is 0 Å². The van der Waals surface area contributed by atoms with E-state index in [0.29, 0.717) is 22.6 Å². The monoisotopic (exact) mass is 293 g/mol. The van der Waals surface area contributed by atoms with Crippen molar-refractivity contribution in [2.45, 2.75) is 24.9 Å². The van der Waals surface area contributed by atoms with Crippen molar-refractivity contribution in [3.63, 3.8) is 0 Å². The molecule has 20 heavy (non-hydrogen) atoms. The van der Waals surface area contributed by atoms with Gasteiger partial charge in [0, 0.05) is 16.4 Å². The number of nitrogens with zero attached hydrogens (tertiary/aromatic N) is 1. The molecule has 6 heteroatoms. The molecule has 0 aliphatic heterocycles. The van der Waals surface area contributed by atoms with Gasteiger partial charge < -0.3 is 9.63 Å². The summed E-state index contributed by atoms with van der Waals surface area (Å²) in [7, 11) is -1.59. The summed E-state index contributed by atoms with van der Waals surface area (Å²) in [6, 6.07) is 8.60. The summed E-state index contributed by atoms with van der Waals surface area (Å²) in [5, 5.41) is 12.1. The van der Waals surface area contributed by atoms with Crippen LogP contribution in [0.5, 0.6) is 0 Å². The van der Waals surface area contributed by atoms with Crippen LogP contribution in [-0.4, -0.2) is 20.4 Å². The number of carboxylic acid groups (broad SMARTS) is 1. The fourth-order valence-electron chi connectivity index (χ4n) is 1.97. The van der Waals surface area contributed by atoms with Gasteiger partial charge >= 0.3 is 5.97 Å². The van der Waals surface area contributed by atoms with Crippen molar-refractivity contribution in [3.05, 3.63) is 52.9 Å². The average Bonchev–Trinajstić information content (AvgIpc) is 2.71. The lowest BCUT2D eigenvalue weighted by Gasteiger charge is -2.12. The van der Waals surface area contributed by atoms with Gasteiger partial charge in [0.15, 0.2) is 5.25 Å². The lowest BCUT2D eigenvalue weighted by atomic mass is 10.1. The highest BCUT2D eigenvalue weighted by Crippen LogP contribution is 2.25. The van der Waals surface area contributed by atoms with Crippen LogP contribution in [0.4, 0.5) is 0 Å². The van der Waals surface area contributed by atoms with Crippen molar-refractivity contribution >= 4 is 16.8 Å². The Morgan fingerprint density at radius 1 is 1.35 bits per heavy atom. The molecule has 0 fully saturated rings. The first kappa shape index (κ1) is 14.5. The molecule has 0 spiro atoms. The summed E-state index contributed by atoms with van der Waals surface area (Å²) < 4.78 is 17.4. The van der Waals surface area contributed by atoms with E-state index in [0.717, 1.165) is 0 Å². The number of carboxylic acids is 1. The highest BCUT2D eigenvalue weighted by Gasteiger charge is 2.28. The molecule has 1 aromatic heterocycles. The van der Waals surface area contributed by atoms with E-state index in [-0.39, 0.29) is 5.75 Å². The molecule has 0 aliphatic carbocycles. The summed E-state index contributed by atoms with van der Waals surface area (Å²) in [6.07, 6.45) is 0. The van der Waals surface area contributed by atoms with Crippen LogP contribution in [0, 0.1) is 13.8 Å². The maximum atomic E-state index is 12.4. The third-order valence-corrected chi connectivity index (χ3v) is 4.63. The Morgan fingerprint density at radius 2 is 2.00 bits per heavy atom. The van der Waals surface area contributed by atoms with E-state index >= 15 is 0 Å². The standard InChI is InChI=1S/C14H15NO4S/c1-9-12(10(2)19-15-9)8-20(18)13(14(16)17)11-6-4-3-5-7-11/h3-7,13H,8H2,1-2H3,(H,16,17). The summed E-state index contributed by atoms with van der Waals surface area (Å²) >= 11 is 0. The fourth-order valence-corrected chi connectivity index (χ4v) is 3.52. The first-order valence-electron chi connectivity index (χ1n) is 6.07. The van der Waals surface area contributed by atoms with Crippen LogP contribution in [0.2, 0.25) is 0 Å². The van der Waals surface area contributed by atoms with Crippen molar-refractivity contribution in [3.8, 4) is 0 Å². The van der Waals surface area contributed by atoms with E-state index in [2.05, 4.69) is 5.16 Å². The Labute approximate surface area is 119 Å². The van der Waals surface area contributed by atoms with E-state index in [1.54, 1.807) is 44.2 Å². The van der Waals surface area contributed by atoms with E-state index < -0.39 is 22.0 Å². The van der Waals surface area contributed by atoms with Crippen LogP contribution in [0.1, 0.15) is 27.8 Å². The average molecular weight is 293 g/mol. The summed E-state index contributed by atoms with van der Waals surface area (Å²) in [5.74, 6) is -0.401. The molecule has 2 atom stereocenters. The Hall–Kier alpha value is -1.95. The summed E-state index contributed by atoms with van der Waals surface area (Å²) in [6.45, 7) is 3.48. The van der Waals surface area contributed by atoms with Gasteiger partial charge in [-0.05, 0) is 19.4 Å². The molecular weight excluding hydrogens is 278 g/mol. The van der Waals surface area contributed by atoms with E-state index in [4.69, 9.17) is 4.52 Å². The zero-order valence-corrected chi connectivity index (χ0v) is 12.0. The second-order valence-electron chi connectivity index (χ2n) is 4.46. The number of carbonyl (C=O) groups is 1. The van der Waals surface area contributed by atoms with Crippen molar-refractivity contribution in [2.24, 2.45) is 0 Å². The van der Waals surface area contributed by atoms with Crippen molar-refractivity contribution < 1.29 is 18.6 Å². The highest BCUT2D eigenvalue weighted by molar-refractivity contribution is 7.85. The lowest BCUT2D eigenvalue weighted by Crippen LogP contribution is -2.18. The predicted octanol–water partition coefficient (Wildman–Crippen LogP) is 2.37. The normalized spacial score (nSPS) is 13.9. The molecule has 0 bridgehead atoms. The van der Waals surface area contributed by atoms with Crippen LogP contribution in [-0.2, 0) is 21.3 Å². The number of aryl methyl sites for hydroxylation is 2. The molecule has 1 N–H and O–H groups in total. The first-order valence-corrected chi connectivity index (χ1v) is 7.45. The third kappa shape index (κ3) is 2.96. The number of hydrogen-bond acceptors (Lipinski definition) is 4. The molecule has 2 rings (SSSR count). The largest absolute Gasteiger partial charge is 0.480 e. The quantitative estimate of drug-likeness (QED) is 0.915. The molecule has 106 valence electrons. The van der Waals surface area contributed by atoms with Gasteiger partial charge in [-0.25, -0.2) is 0 Å². The Morgan fingerprint density at radius 3 is 2.50 bits per heavy atom. The number of benzene rings is 1. The van der Waals surface area contributed by atoms with Gasteiger partial charge in [0.1, 0.15) is 5.76 Å². The summed E-state index contributed by atoms with van der Waals surface area (Å²) in [5.41, 5.74) is 1.89. The second kappa shape index (κ2) is 6.00. The van der Waals surface area contributed by atoms with E-state index in [9.17, 15) is 14.1 Å². The van der Waals surface area contributed by atoms with Crippen LogP contribution >= 0.6 is 0 Å². The maximum Gasteiger partial charge on any atom is 0.323 e. The molecule has 0 radical (unpaired) electrons. The Kier molecular flexibility index (Phi) is 4.34. The lowest BCUT2D eigenvalue weighted by molar-refractivity contribution is -0.136. The van der Waals surface area contributed by atoms with Gasteiger partial charge in [-0.15, -0.1) is 0 Å². The molecule has 0 saturated heterocycles. The number of aliphatic carboxylic acids is 1. The second-order valence-corrected chi connectivity index (χ2v) is 5.98. The van der Waals surface area contributed by atoms with Crippen molar-refractivity contribution in [1.82, 2.24) is 5.16 Å². The molecular formula is C14H15NO4S. The molecule has 1 aromatic carbocycles. The molecule has 0 amide bonds. The smallest absolute Gasteiger partial charge is 0.323 e. The van der Waals surface area contributed by atoms with Gasteiger partial charge in [0.2, 0.25) is 0 Å². The number of rotatable bonds is 5. The first-order chi connectivity index (χ1) is 9.50. The summed E-state index contributed by atoms with van der Waals surface area (Å²) in [4.78, 5) is 11.4. The van der Waals surface area contributed by atoms with Gasteiger partial charge in [0.25, 0.3) is 0 Å². The molecule has 0 aliphatic rings. The number of hydrogen-bond donors (Lipinski definition) is 1. The molecule has 5 nitrogen and oxygen atoms in total. The van der Waals surface area contributed by atoms with Crippen molar-refractivity contribution in [1.29, 1.82) is 0 Å². The molecule has 1 heterocycles. The van der Waals surface area contributed by atoms with Crippen LogP contribution < -0.4 is 0 Å². The fraction of sp³-hybridized carbons (Fsp3) is 0.286. The van der Waals surface area contributed by atoms with Gasteiger partial charge in [-0.1, -0.05) is 35.5 Å². The maximum absolute atomic E-state index is 12.4. The van der Waals surface area contributed by atoms with Crippen LogP contribution in [0.15, 0.2) is 34.9 Å². The van der Waals surface area contributed by atoms with Gasteiger partial charge in [0.05, 0.1) is 11.4 Å². The minimum Gasteiger partial charge on any atom is -0.480 e. The third-order valence-electron chi connectivity index (χ3n) is 3.06. The molecule has 0 saturated carbocycles. The van der Waals surface area contributed by atoms with E-state index in [1.165, 1.54) is 0 Å². The Bertz CT molecular complexity index is 616.